The second kappa shape index (κ2) is 11.4. The SMILES string of the molecule is CC(C)(C)OC(=O)CNC(Cc1ccc(O)cc1)C(=O)N1CCN(Cc2ccc(F)cc2)CC1. The Hall–Kier alpha value is -2.97. The van der Waals surface area contributed by atoms with Crippen molar-refractivity contribution in [1.29, 1.82) is 0 Å². The Kier molecular flexibility index (Phi) is 8.63. The van der Waals surface area contributed by atoms with Crippen molar-refractivity contribution in [2.24, 2.45) is 0 Å². The molecule has 1 fully saturated rings. The standard InChI is InChI=1S/C26H34FN3O4/c1-26(2,3)34-24(32)17-28-23(16-19-6-10-22(31)11-7-19)25(33)30-14-12-29(13-15-30)18-20-4-8-21(27)9-5-20/h4-11,23,28,31H,12-18H2,1-3H3. The zero-order valence-electron chi connectivity index (χ0n) is 20.1. The second-order valence-electron chi connectivity index (χ2n) is 9.62. The highest BCUT2D eigenvalue weighted by atomic mass is 19.1. The molecule has 1 aliphatic heterocycles. The Morgan fingerprint density at radius 2 is 1.59 bits per heavy atom. The van der Waals surface area contributed by atoms with Crippen molar-refractivity contribution >= 4 is 11.9 Å². The van der Waals surface area contributed by atoms with E-state index < -0.39 is 17.6 Å². The fourth-order valence-electron chi connectivity index (χ4n) is 3.89. The van der Waals surface area contributed by atoms with Gasteiger partial charge in [-0.2, -0.15) is 0 Å². The van der Waals surface area contributed by atoms with E-state index in [4.69, 9.17) is 4.74 Å². The van der Waals surface area contributed by atoms with Crippen molar-refractivity contribution in [3.63, 3.8) is 0 Å². The molecule has 8 heteroatoms. The number of carbonyl (C=O) groups is 2. The van der Waals surface area contributed by atoms with Crippen LogP contribution in [0.25, 0.3) is 0 Å². The van der Waals surface area contributed by atoms with Gasteiger partial charge in [-0.15, -0.1) is 0 Å². The number of piperazine rings is 1. The van der Waals surface area contributed by atoms with Crippen molar-refractivity contribution in [3.05, 3.63) is 65.5 Å². The normalized spacial score (nSPS) is 15.7. The molecule has 0 saturated carbocycles. The lowest BCUT2D eigenvalue weighted by atomic mass is 10.0. The summed E-state index contributed by atoms with van der Waals surface area (Å²) in [5, 5.41) is 12.6. The molecular weight excluding hydrogens is 437 g/mol. The number of amides is 1. The third kappa shape index (κ3) is 8.11. The monoisotopic (exact) mass is 471 g/mol. The topological polar surface area (TPSA) is 82.1 Å². The van der Waals surface area contributed by atoms with E-state index in [1.807, 2.05) is 4.90 Å². The van der Waals surface area contributed by atoms with Gasteiger partial charge in [-0.1, -0.05) is 24.3 Å². The van der Waals surface area contributed by atoms with E-state index in [0.29, 0.717) is 39.1 Å². The van der Waals surface area contributed by atoms with Crippen LogP contribution in [0.1, 0.15) is 31.9 Å². The van der Waals surface area contributed by atoms with E-state index in [1.165, 1.54) is 12.1 Å². The molecule has 1 saturated heterocycles. The quantitative estimate of drug-likeness (QED) is 0.577. The molecule has 3 rings (SSSR count). The number of aromatic hydroxyl groups is 1. The van der Waals surface area contributed by atoms with Gasteiger partial charge in [-0.3, -0.25) is 19.8 Å². The first-order valence-electron chi connectivity index (χ1n) is 11.6. The Bertz CT molecular complexity index is 950. The average molecular weight is 472 g/mol. The molecule has 2 aromatic rings. The van der Waals surface area contributed by atoms with E-state index in [1.54, 1.807) is 57.2 Å². The Labute approximate surface area is 200 Å². The summed E-state index contributed by atoms with van der Waals surface area (Å²) >= 11 is 0. The molecule has 0 aliphatic carbocycles. The maximum atomic E-state index is 13.4. The number of nitrogens with zero attached hydrogens (tertiary/aromatic N) is 2. The van der Waals surface area contributed by atoms with Crippen molar-refractivity contribution in [2.45, 2.75) is 45.4 Å². The van der Waals surface area contributed by atoms with Crippen LogP contribution in [0, 0.1) is 5.82 Å². The number of esters is 1. The number of phenols is 1. The first-order chi connectivity index (χ1) is 16.1. The largest absolute Gasteiger partial charge is 0.508 e. The van der Waals surface area contributed by atoms with Crippen LogP contribution >= 0.6 is 0 Å². The molecule has 1 aliphatic rings. The molecule has 1 heterocycles. The number of nitrogens with one attached hydrogen (secondary N) is 1. The summed E-state index contributed by atoms with van der Waals surface area (Å²) in [5.41, 5.74) is 1.31. The molecular formula is C26H34FN3O4. The van der Waals surface area contributed by atoms with E-state index in [-0.39, 0.29) is 24.0 Å². The molecule has 0 aromatic heterocycles. The van der Waals surface area contributed by atoms with Gasteiger partial charge in [0.2, 0.25) is 5.91 Å². The molecule has 0 bridgehead atoms. The molecule has 2 aromatic carbocycles. The van der Waals surface area contributed by atoms with Crippen LogP contribution in [0.3, 0.4) is 0 Å². The van der Waals surface area contributed by atoms with Crippen molar-refractivity contribution in [3.8, 4) is 5.75 Å². The maximum Gasteiger partial charge on any atom is 0.320 e. The number of halogens is 1. The number of ether oxygens (including phenoxy) is 1. The summed E-state index contributed by atoms with van der Waals surface area (Å²) in [6.45, 7) is 8.59. The van der Waals surface area contributed by atoms with Gasteiger partial charge in [0, 0.05) is 32.7 Å². The van der Waals surface area contributed by atoms with E-state index >= 15 is 0 Å². The highest BCUT2D eigenvalue weighted by Gasteiger charge is 2.28. The summed E-state index contributed by atoms with van der Waals surface area (Å²) in [5.74, 6) is -0.582. The molecule has 1 amide bonds. The summed E-state index contributed by atoms with van der Waals surface area (Å²) in [4.78, 5) is 29.6. The lowest BCUT2D eigenvalue weighted by molar-refractivity contribution is -0.153. The lowest BCUT2D eigenvalue weighted by Gasteiger charge is -2.36. The van der Waals surface area contributed by atoms with Crippen molar-refractivity contribution < 1.29 is 23.8 Å². The number of phenolic OH excluding ortho intramolecular Hbond substituents is 1. The molecule has 1 atom stereocenters. The third-order valence-electron chi connectivity index (χ3n) is 5.59. The number of benzene rings is 2. The number of hydrogen-bond acceptors (Lipinski definition) is 6. The Morgan fingerprint density at radius 3 is 2.18 bits per heavy atom. The van der Waals surface area contributed by atoms with E-state index in [9.17, 15) is 19.1 Å². The Balaban J connectivity index is 1.60. The molecule has 0 spiro atoms. The van der Waals surface area contributed by atoms with Gasteiger partial charge in [0.05, 0.1) is 12.6 Å². The summed E-state index contributed by atoms with van der Waals surface area (Å²) in [7, 11) is 0. The number of carbonyl (C=O) groups excluding carboxylic acids is 2. The van der Waals surface area contributed by atoms with Crippen LogP contribution in [0.4, 0.5) is 4.39 Å². The van der Waals surface area contributed by atoms with Gasteiger partial charge in [0.1, 0.15) is 17.2 Å². The van der Waals surface area contributed by atoms with Gasteiger partial charge in [-0.05, 0) is 62.6 Å². The van der Waals surface area contributed by atoms with E-state index in [0.717, 1.165) is 11.1 Å². The average Bonchev–Trinajstić information content (AvgIpc) is 2.78. The smallest absolute Gasteiger partial charge is 0.320 e. The predicted octanol–water partition coefficient (Wildman–Crippen LogP) is 2.72. The zero-order valence-corrected chi connectivity index (χ0v) is 20.1. The van der Waals surface area contributed by atoms with Crippen LogP contribution in [0.5, 0.6) is 5.75 Å². The van der Waals surface area contributed by atoms with Crippen LogP contribution in [0.15, 0.2) is 48.5 Å². The van der Waals surface area contributed by atoms with Crippen molar-refractivity contribution in [1.82, 2.24) is 15.1 Å². The van der Waals surface area contributed by atoms with Gasteiger partial charge >= 0.3 is 5.97 Å². The maximum absolute atomic E-state index is 13.4. The van der Waals surface area contributed by atoms with Gasteiger partial charge in [0.25, 0.3) is 0 Å². The Morgan fingerprint density at radius 1 is 1.00 bits per heavy atom. The highest BCUT2D eigenvalue weighted by molar-refractivity contribution is 5.83. The van der Waals surface area contributed by atoms with Crippen molar-refractivity contribution in [2.75, 3.05) is 32.7 Å². The zero-order chi connectivity index (χ0) is 24.7. The summed E-state index contributed by atoms with van der Waals surface area (Å²) < 4.78 is 18.5. The van der Waals surface area contributed by atoms with Gasteiger partial charge in [0.15, 0.2) is 0 Å². The summed E-state index contributed by atoms with van der Waals surface area (Å²) in [6, 6.07) is 12.6. The van der Waals surface area contributed by atoms with Gasteiger partial charge < -0.3 is 14.7 Å². The van der Waals surface area contributed by atoms with Crippen LogP contribution in [-0.4, -0.2) is 71.1 Å². The lowest BCUT2D eigenvalue weighted by Crippen LogP contribution is -2.55. The number of rotatable bonds is 8. The minimum absolute atomic E-state index is 0.0712. The first-order valence-corrected chi connectivity index (χ1v) is 11.6. The fourth-order valence-corrected chi connectivity index (χ4v) is 3.89. The molecule has 184 valence electrons. The fraction of sp³-hybridized carbons (Fsp3) is 0.462. The minimum atomic E-state index is -0.601. The first kappa shape index (κ1) is 25.6. The second-order valence-corrected chi connectivity index (χ2v) is 9.62. The molecule has 34 heavy (non-hydrogen) atoms. The third-order valence-corrected chi connectivity index (χ3v) is 5.59. The summed E-state index contributed by atoms with van der Waals surface area (Å²) in [6.07, 6.45) is 0.387. The van der Waals surface area contributed by atoms with Gasteiger partial charge in [-0.25, -0.2) is 4.39 Å². The number of hydrogen-bond donors (Lipinski definition) is 2. The molecule has 2 N–H and O–H groups in total. The minimum Gasteiger partial charge on any atom is -0.508 e. The predicted molar refractivity (Wildman–Crippen MR) is 128 cm³/mol. The van der Waals surface area contributed by atoms with Crippen LogP contribution in [0.2, 0.25) is 0 Å². The molecule has 1 unspecified atom stereocenters. The van der Waals surface area contributed by atoms with Crippen LogP contribution in [-0.2, 0) is 27.3 Å². The van der Waals surface area contributed by atoms with Crippen LogP contribution < -0.4 is 5.32 Å². The highest BCUT2D eigenvalue weighted by Crippen LogP contribution is 2.15. The van der Waals surface area contributed by atoms with E-state index in [2.05, 4.69) is 10.2 Å². The molecule has 7 nitrogen and oxygen atoms in total. The molecule has 0 radical (unpaired) electrons.